The number of nitrogens with zero attached hydrogens (tertiary/aromatic N) is 1. The Kier molecular flexibility index (Phi) is 38.5. The van der Waals surface area contributed by atoms with Gasteiger partial charge in [0, 0.05) is 19.3 Å². The Labute approximate surface area is 310 Å². The molecular formula is C43H82BrNO3. The Morgan fingerprint density at radius 3 is 1.29 bits per heavy atom. The number of carbonyl (C=O) groups excluding carboxylic acids is 2. The van der Waals surface area contributed by atoms with E-state index in [2.05, 4.69) is 52.2 Å². The summed E-state index contributed by atoms with van der Waals surface area (Å²) in [5, 5.41) is 9.51. The maximum absolute atomic E-state index is 13.3. The predicted molar refractivity (Wildman–Crippen MR) is 206 cm³/mol. The van der Waals surface area contributed by atoms with Crippen LogP contribution in [-0.2, 0) is 9.59 Å². The fourth-order valence-corrected chi connectivity index (χ4v) is 6.58. The van der Waals surface area contributed by atoms with E-state index in [0.29, 0.717) is 36.8 Å². The SMILES string of the molecule is CCCCCCCC/C=C\CCCCCCCC(=O)CC(C[N+](C)(C)CCO)C(=O)CCCCCCC/C=C\CCCCCCCC.[Br-]. The van der Waals surface area contributed by atoms with Gasteiger partial charge in [0.2, 0.25) is 0 Å². The standard InChI is InChI=1S/C43H82NO3.BrH/c1-5-7-9-11-13-15-17-19-21-23-25-27-29-31-33-35-42(46)39-41(40-44(3,4)37-38-45)43(47)36-34-32-30-28-26-24-22-20-18-16-14-12-10-8-6-2;/h19-22,41,45H,5-18,23-40H2,1-4H3;1H/q+1;/p-1/b21-19-,22-20-;. The second-order valence-electron chi connectivity index (χ2n) is 15.1. The molecule has 1 atom stereocenters. The van der Waals surface area contributed by atoms with Crippen LogP contribution in [0.5, 0.6) is 0 Å². The molecule has 0 aromatic rings. The van der Waals surface area contributed by atoms with Crippen molar-refractivity contribution in [1.82, 2.24) is 0 Å². The minimum atomic E-state index is -0.219. The highest BCUT2D eigenvalue weighted by molar-refractivity contribution is 5.88. The van der Waals surface area contributed by atoms with Gasteiger partial charge in [0.25, 0.3) is 0 Å². The summed E-state index contributed by atoms with van der Waals surface area (Å²) in [5.74, 6) is 0.281. The number of hydrogen-bond acceptors (Lipinski definition) is 3. The first-order chi connectivity index (χ1) is 22.9. The summed E-state index contributed by atoms with van der Waals surface area (Å²) in [6.07, 6.45) is 43.6. The summed E-state index contributed by atoms with van der Waals surface area (Å²) in [6.45, 7) is 5.89. The summed E-state index contributed by atoms with van der Waals surface area (Å²) >= 11 is 0. The highest BCUT2D eigenvalue weighted by Crippen LogP contribution is 2.19. The van der Waals surface area contributed by atoms with Crippen molar-refractivity contribution in [2.24, 2.45) is 5.92 Å². The third-order valence-electron chi connectivity index (χ3n) is 9.75. The predicted octanol–water partition coefficient (Wildman–Crippen LogP) is 9.28. The van der Waals surface area contributed by atoms with E-state index >= 15 is 0 Å². The molecule has 0 fully saturated rings. The molecule has 0 radical (unpaired) electrons. The van der Waals surface area contributed by atoms with Gasteiger partial charge in [0.1, 0.15) is 18.1 Å². The normalized spacial score (nSPS) is 12.6. The van der Waals surface area contributed by atoms with Crippen molar-refractivity contribution < 1.29 is 36.2 Å². The first kappa shape index (κ1) is 49.3. The fraction of sp³-hybridized carbons (Fsp3) is 0.860. The van der Waals surface area contributed by atoms with E-state index in [1.54, 1.807) is 0 Å². The van der Waals surface area contributed by atoms with E-state index in [1.807, 2.05) is 0 Å². The molecule has 0 aromatic carbocycles. The van der Waals surface area contributed by atoms with Crippen LogP contribution in [0.3, 0.4) is 0 Å². The summed E-state index contributed by atoms with van der Waals surface area (Å²) in [7, 11) is 4.12. The number of aliphatic hydroxyl groups is 1. The van der Waals surface area contributed by atoms with Crippen LogP contribution in [0.2, 0.25) is 0 Å². The average Bonchev–Trinajstić information content (AvgIpc) is 3.04. The Hall–Kier alpha value is -0.780. The number of rotatable bonds is 37. The molecule has 1 N–H and O–H groups in total. The summed E-state index contributed by atoms with van der Waals surface area (Å²) < 4.78 is 0.583. The van der Waals surface area contributed by atoms with Gasteiger partial charge in [-0.15, -0.1) is 0 Å². The van der Waals surface area contributed by atoms with Crippen molar-refractivity contribution in [1.29, 1.82) is 0 Å². The largest absolute Gasteiger partial charge is 1.00 e. The van der Waals surface area contributed by atoms with Crippen molar-refractivity contribution in [2.75, 3.05) is 33.8 Å². The van der Waals surface area contributed by atoms with Crippen molar-refractivity contribution in [3.05, 3.63) is 24.3 Å². The van der Waals surface area contributed by atoms with Gasteiger partial charge in [-0.05, 0) is 64.2 Å². The number of likely N-dealkylation sites (N-methyl/N-ethyl adjacent to an activating group) is 1. The van der Waals surface area contributed by atoms with E-state index in [-0.39, 0.29) is 41.1 Å². The van der Waals surface area contributed by atoms with Crippen LogP contribution in [0, 0.1) is 5.92 Å². The van der Waals surface area contributed by atoms with Gasteiger partial charge >= 0.3 is 0 Å². The van der Waals surface area contributed by atoms with E-state index in [4.69, 9.17) is 0 Å². The molecule has 4 nitrogen and oxygen atoms in total. The first-order valence-corrected chi connectivity index (χ1v) is 20.6. The number of halogens is 1. The van der Waals surface area contributed by atoms with Crippen molar-refractivity contribution in [3.8, 4) is 0 Å². The van der Waals surface area contributed by atoms with Gasteiger partial charge in [0.05, 0.1) is 33.2 Å². The van der Waals surface area contributed by atoms with E-state index in [0.717, 1.165) is 25.7 Å². The summed E-state index contributed by atoms with van der Waals surface area (Å²) in [5.41, 5.74) is 0. The zero-order valence-corrected chi connectivity index (χ0v) is 34.2. The van der Waals surface area contributed by atoms with Crippen LogP contribution in [0.15, 0.2) is 24.3 Å². The molecule has 0 saturated heterocycles. The zero-order valence-electron chi connectivity index (χ0n) is 32.6. The second-order valence-corrected chi connectivity index (χ2v) is 15.1. The van der Waals surface area contributed by atoms with Crippen LogP contribution in [0.25, 0.3) is 0 Å². The van der Waals surface area contributed by atoms with Crippen molar-refractivity contribution in [3.63, 3.8) is 0 Å². The Bertz CT molecular complexity index is 763. The minimum Gasteiger partial charge on any atom is -1.00 e. The lowest BCUT2D eigenvalue weighted by molar-refractivity contribution is -0.892. The molecule has 0 spiro atoms. The second kappa shape index (κ2) is 37.5. The lowest BCUT2D eigenvalue weighted by Crippen LogP contribution is -3.00. The molecule has 0 aliphatic carbocycles. The molecule has 0 bridgehead atoms. The van der Waals surface area contributed by atoms with Crippen LogP contribution >= 0.6 is 0 Å². The first-order valence-electron chi connectivity index (χ1n) is 20.6. The lowest BCUT2D eigenvalue weighted by Gasteiger charge is -2.32. The molecule has 284 valence electrons. The molecule has 0 aromatic heterocycles. The molecule has 0 saturated carbocycles. The highest BCUT2D eigenvalue weighted by Gasteiger charge is 2.29. The number of unbranched alkanes of at least 4 members (excludes halogenated alkanes) is 22. The molecule has 1 unspecified atom stereocenters. The minimum absolute atomic E-state index is 0. The van der Waals surface area contributed by atoms with E-state index < -0.39 is 0 Å². The van der Waals surface area contributed by atoms with Gasteiger partial charge in [-0.2, -0.15) is 0 Å². The average molecular weight is 741 g/mol. The van der Waals surface area contributed by atoms with E-state index in [1.165, 1.54) is 141 Å². The molecule has 48 heavy (non-hydrogen) atoms. The monoisotopic (exact) mass is 740 g/mol. The quantitative estimate of drug-likeness (QED) is 0.0393. The summed E-state index contributed by atoms with van der Waals surface area (Å²) in [6, 6.07) is 0. The van der Waals surface area contributed by atoms with Gasteiger partial charge in [-0.25, -0.2) is 0 Å². The smallest absolute Gasteiger partial charge is 0.142 e. The number of carbonyl (C=O) groups is 2. The number of ketones is 2. The van der Waals surface area contributed by atoms with Crippen LogP contribution in [0.4, 0.5) is 0 Å². The van der Waals surface area contributed by atoms with Crippen LogP contribution in [-0.4, -0.2) is 54.9 Å². The maximum Gasteiger partial charge on any atom is 0.142 e. The van der Waals surface area contributed by atoms with Gasteiger partial charge in [-0.3, -0.25) is 9.59 Å². The number of aliphatic hydroxyl groups excluding tert-OH is 1. The Morgan fingerprint density at radius 1 is 0.542 bits per heavy atom. The summed E-state index contributed by atoms with van der Waals surface area (Å²) in [4.78, 5) is 26.2. The van der Waals surface area contributed by atoms with Gasteiger partial charge in [-0.1, -0.05) is 141 Å². The molecule has 0 rings (SSSR count). The van der Waals surface area contributed by atoms with E-state index in [9.17, 15) is 14.7 Å². The molecule has 5 heteroatoms. The van der Waals surface area contributed by atoms with Crippen LogP contribution in [0.1, 0.15) is 200 Å². The number of quaternary nitrogens is 1. The highest BCUT2D eigenvalue weighted by atomic mass is 79.9. The number of Topliss-reactive ketones (excluding diaryl/α,β-unsaturated/α-hetero) is 2. The Morgan fingerprint density at radius 2 is 0.896 bits per heavy atom. The maximum atomic E-state index is 13.3. The van der Waals surface area contributed by atoms with Crippen molar-refractivity contribution >= 4 is 11.6 Å². The number of hydrogen-bond donors (Lipinski definition) is 1. The van der Waals surface area contributed by atoms with Crippen molar-refractivity contribution in [2.45, 2.75) is 200 Å². The molecule has 0 amide bonds. The molecule has 0 heterocycles. The third kappa shape index (κ3) is 35.1. The van der Waals surface area contributed by atoms with Crippen LogP contribution < -0.4 is 17.0 Å². The molecule has 0 aliphatic rings. The fourth-order valence-electron chi connectivity index (χ4n) is 6.58. The topological polar surface area (TPSA) is 54.4 Å². The van der Waals surface area contributed by atoms with Gasteiger partial charge < -0.3 is 26.6 Å². The lowest BCUT2D eigenvalue weighted by atomic mass is 9.91. The third-order valence-corrected chi connectivity index (χ3v) is 9.75. The zero-order chi connectivity index (χ0) is 34.7. The Balaban J connectivity index is 0. The molecular weight excluding hydrogens is 658 g/mol. The van der Waals surface area contributed by atoms with Gasteiger partial charge in [0.15, 0.2) is 0 Å². The number of allylic oxidation sites excluding steroid dienone is 4. The molecule has 0 aliphatic heterocycles.